The highest BCUT2D eigenvalue weighted by Gasteiger charge is 2.08. The summed E-state index contributed by atoms with van der Waals surface area (Å²) in [4.78, 5) is 16.1. The smallest absolute Gasteiger partial charge is 0.267 e. The number of carbonyl (C=O) groups is 1. The maximum atomic E-state index is 12.2. The highest BCUT2D eigenvalue weighted by Crippen LogP contribution is 2.10. The number of pyridine rings is 1. The Hall–Kier alpha value is -3.27. The number of benzene rings is 2. The van der Waals surface area contributed by atoms with Crippen LogP contribution in [0.3, 0.4) is 0 Å². The first kappa shape index (κ1) is 14.7. The van der Waals surface area contributed by atoms with Gasteiger partial charge in [-0.1, -0.05) is 60.7 Å². The molecule has 1 amide bonds. The molecule has 23 heavy (non-hydrogen) atoms. The Morgan fingerprint density at radius 2 is 1.26 bits per heavy atom. The van der Waals surface area contributed by atoms with Gasteiger partial charge in [-0.15, -0.1) is 0 Å². The Kier molecular flexibility index (Phi) is 4.55. The van der Waals surface area contributed by atoms with E-state index in [-0.39, 0.29) is 5.91 Å². The second-order valence-electron chi connectivity index (χ2n) is 4.87. The predicted octanol–water partition coefficient (Wildman–Crippen LogP) is 3.26. The summed E-state index contributed by atoms with van der Waals surface area (Å²) in [5.74, 6) is -0.267. The molecule has 3 rings (SSSR count). The van der Waals surface area contributed by atoms with Gasteiger partial charge in [0.2, 0.25) is 0 Å². The molecule has 0 spiro atoms. The van der Waals surface area contributed by atoms with E-state index in [0.717, 1.165) is 11.1 Å². The molecule has 1 aromatic heterocycles. The molecule has 0 saturated carbocycles. The fourth-order valence-electron chi connectivity index (χ4n) is 2.16. The number of hydrogen-bond donors (Lipinski definition) is 1. The molecule has 3 aromatic rings. The van der Waals surface area contributed by atoms with Gasteiger partial charge in [0, 0.05) is 29.1 Å². The van der Waals surface area contributed by atoms with Crippen molar-refractivity contribution in [2.45, 2.75) is 0 Å². The highest BCUT2D eigenvalue weighted by atomic mass is 16.2. The van der Waals surface area contributed by atoms with Crippen molar-refractivity contribution in [3.8, 4) is 0 Å². The molecule has 0 aliphatic rings. The van der Waals surface area contributed by atoms with Gasteiger partial charge in [-0.25, -0.2) is 5.43 Å². The van der Waals surface area contributed by atoms with E-state index in [1.54, 1.807) is 24.5 Å². The summed E-state index contributed by atoms with van der Waals surface area (Å²) in [5.41, 5.74) is 5.73. The second-order valence-corrected chi connectivity index (χ2v) is 4.87. The average molecular weight is 301 g/mol. The average Bonchev–Trinajstić information content (AvgIpc) is 2.64. The van der Waals surface area contributed by atoms with Crippen LogP contribution >= 0.6 is 0 Å². The molecule has 4 nitrogen and oxygen atoms in total. The van der Waals surface area contributed by atoms with Gasteiger partial charge in [0.25, 0.3) is 5.91 Å². The number of hydrogen-bond acceptors (Lipinski definition) is 3. The fourth-order valence-corrected chi connectivity index (χ4v) is 2.16. The van der Waals surface area contributed by atoms with Crippen LogP contribution in [0.4, 0.5) is 0 Å². The third kappa shape index (κ3) is 3.68. The molecule has 0 atom stereocenters. The third-order valence-corrected chi connectivity index (χ3v) is 3.31. The van der Waals surface area contributed by atoms with Crippen LogP contribution in [0, 0.1) is 0 Å². The number of hydrazone groups is 1. The Balaban J connectivity index is 1.91. The lowest BCUT2D eigenvalue weighted by Gasteiger charge is -2.08. The first-order valence-electron chi connectivity index (χ1n) is 7.23. The third-order valence-electron chi connectivity index (χ3n) is 3.31. The Morgan fingerprint density at radius 3 is 1.78 bits per heavy atom. The van der Waals surface area contributed by atoms with Gasteiger partial charge in [0.15, 0.2) is 0 Å². The summed E-state index contributed by atoms with van der Waals surface area (Å²) < 4.78 is 0. The van der Waals surface area contributed by atoms with Crippen LogP contribution in [0.2, 0.25) is 0 Å². The number of aromatic nitrogens is 1. The zero-order valence-corrected chi connectivity index (χ0v) is 12.4. The molecular weight excluding hydrogens is 286 g/mol. The number of nitrogens with one attached hydrogen (secondary N) is 1. The largest absolute Gasteiger partial charge is 0.271 e. The Labute approximate surface area is 134 Å². The second kappa shape index (κ2) is 7.13. The van der Waals surface area contributed by atoms with Gasteiger partial charge in [-0.2, -0.15) is 5.10 Å². The van der Waals surface area contributed by atoms with Crippen LogP contribution in [0.1, 0.15) is 21.5 Å². The molecule has 0 fully saturated rings. The molecule has 112 valence electrons. The minimum absolute atomic E-state index is 0.267. The van der Waals surface area contributed by atoms with Gasteiger partial charge < -0.3 is 0 Å². The van der Waals surface area contributed by atoms with Crippen LogP contribution in [0.5, 0.6) is 0 Å². The maximum Gasteiger partial charge on any atom is 0.271 e. The summed E-state index contributed by atoms with van der Waals surface area (Å²) in [6.07, 6.45) is 3.15. The van der Waals surface area contributed by atoms with E-state index in [1.807, 2.05) is 60.7 Å². The topological polar surface area (TPSA) is 54.4 Å². The lowest BCUT2D eigenvalue weighted by molar-refractivity contribution is 0.0955. The number of nitrogens with zero attached hydrogens (tertiary/aromatic N) is 2. The lowest BCUT2D eigenvalue weighted by Crippen LogP contribution is -2.20. The van der Waals surface area contributed by atoms with Gasteiger partial charge in [0.1, 0.15) is 0 Å². The molecule has 1 heterocycles. The molecule has 0 unspecified atom stereocenters. The molecule has 2 aromatic carbocycles. The van der Waals surface area contributed by atoms with Crippen molar-refractivity contribution in [3.63, 3.8) is 0 Å². The predicted molar refractivity (Wildman–Crippen MR) is 90.2 cm³/mol. The molecule has 0 aliphatic heterocycles. The molecule has 0 aliphatic carbocycles. The number of rotatable bonds is 4. The van der Waals surface area contributed by atoms with Crippen molar-refractivity contribution in [2.75, 3.05) is 0 Å². The standard InChI is InChI=1S/C19H15N3O/c23-19(17-11-13-20-14-12-17)22-21-18(15-7-3-1-4-8-15)16-9-5-2-6-10-16/h1-14H,(H,22,23). The zero-order valence-electron chi connectivity index (χ0n) is 12.4. The number of carbonyl (C=O) groups excluding carboxylic acids is 1. The quantitative estimate of drug-likeness (QED) is 0.594. The van der Waals surface area contributed by atoms with E-state index in [9.17, 15) is 4.79 Å². The van der Waals surface area contributed by atoms with Crippen LogP contribution < -0.4 is 5.43 Å². The normalized spacial score (nSPS) is 9.91. The lowest BCUT2D eigenvalue weighted by atomic mass is 10.0. The molecule has 0 saturated heterocycles. The minimum Gasteiger partial charge on any atom is -0.267 e. The molecule has 0 radical (unpaired) electrons. The SMILES string of the molecule is O=C(NN=C(c1ccccc1)c1ccccc1)c1ccncc1. The van der Waals surface area contributed by atoms with Crippen molar-refractivity contribution in [3.05, 3.63) is 102 Å². The van der Waals surface area contributed by atoms with E-state index >= 15 is 0 Å². The molecule has 4 heteroatoms. The fraction of sp³-hybridized carbons (Fsp3) is 0. The van der Waals surface area contributed by atoms with Crippen LogP contribution in [-0.2, 0) is 0 Å². The van der Waals surface area contributed by atoms with E-state index in [2.05, 4.69) is 15.5 Å². The summed E-state index contributed by atoms with van der Waals surface area (Å²) in [6, 6.07) is 22.8. The van der Waals surface area contributed by atoms with Crippen LogP contribution in [0.25, 0.3) is 0 Å². The van der Waals surface area contributed by atoms with Gasteiger partial charge in [0.05, 0.1) is 5.71 Å². The van der Waals surface area contributed by atoms with Gasteiger partial charge in [-0.3, -0.25) is 9.78 Å². The van der Waals surface area contributed by atoms with E-state index in [0.29, 0.717) is 11.3 Å². The number of amides is 1. The Bertz CT molecular complexity index is 758. The Morgan fingerprint density at radius 1 is 0.739 bits per heavy atom. The monoisotopic (exact) mass is 301 g/mol. The summed E-state index contributed by atoms with van der Waals surface area (Å²) >= 11 is 0. The van der Waals surface area contributed by atoms with E-state index in [1.165, 1.54) is 0 Å². The minimum atomic E-state index is -0.267. The highest BCUT2D eigenvalue weighted by molar-refractivity contribution is 6.13. The van der Waals surface area contributed by atoms with E-state index in [4.69, 9.17) is 0 Å². The van der Waals surface area contributed by atoms with Crippen molar-refractivity contribution < 1.29 is 4.79 Å². The first-order chi connectivity index (χ1) is 11.3. The zero-order chi connectivity index (χ0) is 15.9. The van der Waals surface area contributed by atoms with Gasteiger partial charge in [-0.05, 0) is 12.1 Å². The molecule has 1 N–H and O–H groups in total. The van der Waals surface area contributed by atoms with Crippen molar-refractivity contribution >= 4 is 11.6 Å². The van der Waals surface area contributed by atoms with Crippen molar-refractivity contribution in [1.82, 2.24) is 10.4 Å². The van der Waals surface area contributed by atoms with E-state index < -0.39 is 0 Å². The van der Waals surface area contributed by atoms with Crippen molar-refractivity contribution in [2.24, 2.45) is 5.10 Å². The van der Waals surface area contributed by atoms with Crippen LogP contribution in [0.15, 0.2) is 90.3 Å². The molecular formula is C19H15N3O. The van der Waals surface area contributed by atoms with Gasteiger partial charge >= 0.3 is 0 Å². The van der Waals surface area contributed by atoms with Crippen LogP contribution in [-0.4, -0.2) is 16.6 Å². The maximum absolute atomic E-state index is 12.2. The summed E-state index contributed by atoms with van der Waals surface area (Å²) in [7, 11) is 0. The first-order valence-corrected chi connectivity index (χ1v) is 7.23. The van der Waals surface area contributed by atoms with Crippen molar-refractivity contribution in [1.29, 1.82) is 0 Å². The molecule has 0 bridgehead atoms. The summed E-state index contributed by atoms with van der Waals surface area (Å²) in [5, 5.41) is 4.34. The summed E-state index contributed by atoms with van der Waals surface area (Å²) in [6.45, 7) is 0.